The van der Waals surface area contributed by atoms with Crippen molar-refractivity contribution in [2.24, 2.45) is 0 Å². The average molecular weight is 431 g/mol. The van der Waals surface area contributed by atoms with Crippen molar-refractivity contribution in [3.8, 4) is 17.2 Å². The molecule has 29 heavy (non-hydrogen) atoms. The Labute approximate surface area is 175 Å². The molecule has 0 aliphatic heterocycles. The van der Waals surface area contributed by atoms with Gasteiger partial charge in [-0.2, -0.15) is 4.68 Å². The minimum Gasteiger partial charge on any atom is -0.455 e. The zero-order valence-corrected chi connectivity index (χ0v) is 16.3. The highest BCUT2D eigenvalue weighted by atomic mass is 35.5. The van der Waals surface area contributed by atoms with Crippen LogP contribution >= 0.6 is 23.2 Å². The standard InChI is InChI=1S/C19H13Cl2FN6O/c20-15-4-1-5-16(18(15)21)28-19(25-26-27-28)24-10-12-9-13(22)6-7-17(12)29-14-3-2-8-23-11-14/h1-9,11H,10H2,(H,24,25,27). The molecule has 0 aliphatic carbocycles. The van der Waals surface area contributed by atoms with Gasteiger partial charge in [0.25, 0.3) is 0 Å². The number of aromatic nitrogens is 5. The molecule has 146 valence electrons. The summed E-state index contributed by atoms with van der Waals surface area (Å²) in [4.78, 5) is 4.01. The van der Waals surface area contributed by atoms with Gasteiger partial charge >= 0.3 is 0 Å². The van der Waals surface area contributed by atoms with Crippen LogP contribution in [0.25, 0.3) is 5.69 Å². The molecule has 10 heteroatoms. The Hall–Kier alpha value is -3.23. The molecule has 4 rings (SSSR count). The third-order valence-corrected chi connectivity index (χ3v) is 4.76. The molecule has 1 N–H and O–H groups in total. The fourth-order valence-electron chi connectivity index (χ4n) is 2.61. The molecule has 0 aliphatic rings. The van der Waals surface area contributed by atoms with Gasteiger partial charge in [-0.3, -0.25) is 4.98 Å². The van der Waals surface area contributed by atoms with Crippen LogP contribution in [0.15, 0.2) is 60.9 Å². The summed E-state index contributed by atoms with van der Waals surface area (Å²) >= 11 is 12.3. The lowest BCUT2D eigenvalue weighted by Gasteiger charge is -2.13. The lowest BCUT2D eigenvalue weighted by Crippen LogP contribution is -2.09. The van der Waals surface area contributed by atoms with E-state index in [2.05, 4.69) is 25.8 Å². The average Bonchev–Trinajstić information content (AvgIpc) is 3.19. The zero-order chi connectivity index (χ0) is 20.2. The number of benzene rings is 2. The van der Waals surface area contributed by atoms with E-state index < -0.39 is 5.82 Å². The number of halogens is 3. The summed E-state index contributed by atoms with van der Waals surface area (Å²) < 4.78 is 21.0. The van der Waals surface area contributed by atoms with Gasteiger partial charge in [-0.25, -0.2) is 4.39 Å². The lowest BCUT2D eigenvalue weighted by molar-refractivity contribution is 0.472. The predicted molar refractivity (Wildman–Crippen MR) is 107 cm³/mol. The third kappa shape index (κ3) is 4.28. The molecule has 0 saturated heterocycles. The number of ether oxygens (including phenoxy) is 1. The number of rotatable bonds is 6. The van der Waals surface area contributed by atoms with Gasteiger partial charge in [0.2, 0.25) is 5.95 Å². The fraction of sp³-hybridized carbons (Fsp3) is 0.0526. The van der Waals surface area contributed by atoms with Gasteiger partial charge in [0.1, 0.15) is 17.3 Å². The molecule has 0 spiro atoms. The van der Waals surface area contributed by atoms with Crippen LogP contribution in [0, 0.1) is 5.82 Å². The Balaban J connectivity index is 1.58. The molecule has 4 aromatic rings. The highest BCUT2D eigenvalue weighted by molar-refractivity contribution is 6.43. The van der Waals surface area contributed by atoms with Gasteiger partial charge in [0.15, 0.2) is 0 Å². The van der Waals surface area contributed by atoms with Crippen LogP contribution in [0.1, 0.15) is 5.56 Å². The van der Waals surface area contributed by atoms with Crippen LogP contribution in [0.4, 0.5) is 10.3 Å². The third-order valence-electron chi connectivity index (χ3n) is 3.95. The van der Waals surface area contributed by atoms with Gasteiger partial charge < -0.3 is 10.1 Å². The summed E-state index contributed by atoms with van der Waals surface area (Å²) in [5.74, 6) is 0.936. The maximum Gasteiger partial charge on any atom is 0.248 e. The van der Waals surface area contributed by atoms with Crippen molar-refractivity contribution >= 4 is 29.2 Å². The second kappa shape index (κ2) is 8.42. The summed E-state index contributed by atoms with van der Waals surface area (Å²) in [6.07, 6.45) is 3.21. The molecule has 0 saturated carbocycles. The number of pyridine rings is 1. The molecule has 0 bridgehead atoms. The van der Waals surface area contributed by atoms with E-state index in [1.807, 2.05) is 0 Å². The van der Waals surface area contributed by atoms with E-state index >= 15 is 0 Å². The van der Waals surface area contributed by atoms with Crippen molar-refractivity contribution in [1.82, 2.24) is 25.2 Å². The van der Waals surface area contributed by atoms with E-state index in [1.54, 1.807) is 48.8 Å². The van der Waals surface area contributed by atoms with Crippen molar-refractivity contribution in [2.45, 2.75) is 6.54 Å². The summed E-state index contributed by atoms with van der Waals surface area (Å²) in [6.45, 7) is 0.200. The second-order valence-electron chi connectivity index (χ2n) is 5.88. The zero-order valence-electron chi connectivity index (χ0n) is 14.8. The van der Waals surface area contributed by atoms with Crippen molar-refractivity contribution in [3.05, 3.63) is 82.4 Å². The minimum atomic E-state index is -0.391. The van der Waals surface area contributed by atoms with Crippen LogP contribution in [-0.2, 0) is 6.54 Å². The molecule has 0 radical (unpaired) electrons. The van der Waals surface area contributed by atoms with Crippen molar-refractivity contribution in [2.75, 3.05) is 5.32 Å². The fourth-order valence-corrected chi connectivity index (χ4v) is 2.99. The van der Waals surface area contributed by atoms with Crippen molar-refractivity contribution in [3.63, 3.8) is 0 Å². The van der Waals surface area contributed by atoms with Crippen LogP contribution in [0.2, 0.25) is 10.0 Å². The van der Waals surface area contributed by atoms with Gasteiger partial charge in [-0.05, 0) is 52.9 Å². The first kappa shape index (κ1) is 19.1. The highest BCUT2D eigenvalue weighted by Gasteiger charge is 2.14. The van der Waals surface area contributed by atoms with Crippen molar-refractivity contribution in [1.29, 1.82) is 0 Å². The first-order valence-electron chi connectivity index (χ1n) is 8.45. The topological polar surface area (TPSA) is 77.8 Å². The number of nitrogens with one attached hydrogen (secondary N) is 1. The quantitative estimate of drug-likeness (QED) is 0.468. The molecule has 0 fully saturated rings. The molecule has 0 amide bonds. The molecular weight excluding hydrogens is 418 g/mol. The van der Waals surface area contributed by atoms with Crippen LogP contribution in [0.3, 0.4) is 0 Å². The molecule has 7 nitrogen and oxygen atoms in total. The summed E-state index contributed by atoms with van der Waals surface area (Å²) in [6, 6.07) is 12.9. The van der Waals surface area contributed by atoms with Gasteiger partial charge in [-0.15, -0.1) is 0 Å². The Morgan fingerprint density at radius 2 is 2.00 bits per heavy atom. The van der Waals surface area contributed by atoms with E-state index in [-0.39, 0.29) is 6.54 Å². The van der Waals surface area contributed by atoms with Gasteiger partial charge in [0.05, 0.1) is 21.9 Å². The molecule has 2 aromatic heterocycles. The molecule has 2 heterocycles. The van der Waals surface area contributed by atoms with E-state index in [9.17, 15) is 4.39 Å². The SMILES string of the molecule is Fc1ccc(Oc2cccnc2)c(CNc2nnnn2-c2cccc(Cl)c2Cl)c1. The number of hydrogen-bond donors (Lipinski definition) is 1. The summed E-state index contributed by atoms with van der Waals surface area (Å²) in [5.41, 5.74) is 1.08. The molecule has 2 aromatic carbocycles. The smallest absolute Gasteiger partial charge is 0.248 e. The van der Waals surface area contributed by atoms with E-state index in [4.69, 9.17) is 27.9 Å². The Bertz CT molecular complexity index is 1140. The Kier molecular flexibility index (Phi) is 5.55. The molecule has 0 unspecified atom stereocenters. The summed E-state index contributed by atoms with van der Waals surface area (Å²) in [5, 5.41) is 15.3. The van der Waals surface area contributed by atoms with Gasteiger partial charge in [-0.1, -0.05) is 34.4 Å². The maximum atomic E-state index is 13.8. The molecular formula is C19H13Cl2FN6O. The number of tetrazole rings is 1. The maximum absolute atomic E-state index is 13.8. The normalized spacial score (nSPS) is 10.7. The molecule has 0 atom stereocenters. The van der Waals surface area contributed by atoms with Crippen LogP contribution < -0.4 is 10.1 Å². The van der Waals surface area contributed by atoms with E-state index in [1.165, 1.54) is 16.8 Å². The number of hydrogen-bond acceptors (Lipinski definition) is 6. The largest absolute Gasteiger partial charge is 0.455 e. The van der Waals surface area contributed by atoms with Gasteiger partial charge in [0, 0.05) is 18.3 Å². The monoisotopic (exact) mass is 430 g/mol. The van der Waals surface area contributed by atoms with Crippen molar-refractivity contribution < 1.29 is 9.13 Å². The van der Waals surface area contributed by atoms with Crippen LogP contribution in [-0.4, -0.2) is 25.2 Å². The number of nitrogens with zero attached hydrogens (tertiary/aromatic N) is 5. The lowest BCUT2D eigenvalue weighted by atomic mass is 10.2. The predicted octanol–water partition coefficient (Wildman–Crippen LogP) is 4.91. The number of anilines is 1. The highest BCUT2D eigenvalue weighted by Crippen LogP contribution is 2.30. The second-order valence-corrected chi connectivity index (χ2v) is 6.67. The van der Waals surface area contributed by atoms with E-state index in [0.29, 0.717) is 38.7 Å². The Morgan fingerprint density at radius 1 is 1.10 bits per heavy atom. The Morgan fingerprint density at radius 3 is 2.83 bits per heavy atom. The van der Waals surface area contributed by atoms with Crippen LogP contribution in [0.5, 0.6) is 11.5 Å². The summed E-state index contributed by atoms with van der Waals surface area (Å²) in [7, 11) is 0. The minimum absolute atomic E-state index is 0.200. The van der Waals surface area contributed by atoms with E-state index in [0.717, 1.165) is 0 Å². The first-order chi connectivity index (χ1) is 14.1. The first-order valence-corrected chi connectivity index (χ1v) is 9.20.